The van der Waals surface area contributed by atoms with Crippen LogP contribution in [0.25, 0.3) is 0 Å². The van der Waals surface area contributed by atoms with Gasteiger partial charge in [0.15, 0.2) is 0 Å². The van der Waals surface area contributed by atoms with Crippen molar-refractivity contribution >= 4 is 25.4 Å². The predicted molar refractivity (Wildman–Crippen MR) is 329 cm³/mol. The summed E-state index contributed by atoms with van der Waals surface area (Å²) in [5.74, 6) is 0.846. The Bertz CT molecular complexity index is 1480. The number of carbonyl (C=O) groups excluding carboxylic acids is 2. The summed E-state index contributed by atoms with van der Waals surface area (Å²) >= 11 is 0. The lowest BCUT2D eigenvalue weighted by atomic mass is 9.78. The van der Waals surface area contributed by atoms with E-state index in [1.165, 1.54) is 0 Å². The number of nitrogens with one attached hydrogen (secondary N) is 5. The van der Waals surface area contributed by atoms with Gasteiger partial charge in [-0.25, -0.2) is 0 Å². The van der Waals surface area contributed by atoms with Crippen LogP contribution in [0.5, 0.6) is 0 Å². The SMILES string of the molecule is C=P([O-])(OCC(CO)NC(C)(C)C)OCC(CC(C)(C)C)NC(C)(C)C.CC(C)CC(COC(C)C)(COC(C)C)COC(C)C.CC(C)NCCCCC(CC(=O)[C@H](CCCCNC(C)C)NC(C)C)C(=O)C(C)(C)C. The first kappa shape index (κ1) is 80.4. The average Bonchev–Trinajstić information content (AvgIpc) is 3.24. The lowest BCUT2D eigenvalue weighted by molar-refractivity contribution is -0.209. The molecular formula is C62H131N5O9P-. The van der Waals surface area contributed by atoms with Gasteiger partial charge in [0, 0.05) is 66.0 Å². The summed E-state index contributed by atoms with van der Waals surface area (Å²) in [6.45, 7) is 58.6. The Labute approximate surface area is 477 Å². The standard InChI is InChI=1S/C26H53N3O2.C19H42N2O4P.C17H36O3/c1-19(2)27-16-12-10-14-22(25(31)26(7,8)9)18-24(30)23(29-21(5)6)15-11-13-17-28-20(3)4;1-17(2,3)11-15(20-18(4,5)6)13-24-26(10,23)25-14-16(12-22)21-19(7,8)9;1-13(2)9-17(10-18-14(3)4,11-19-15(5)6)12-20-16(7)8/h19-23,27-29H,10-18H2,1-9H3;15-16,20-22H,10-14H2,1-9H3;13-16H,9-12H2,1-8H3/q;-1;/t22?,23-;;/m0../s1. The molecule has 5 atom stereocenters. The van der Waals surface area contributed by atoms with Crippen LogP contribution in [0.3, 0.4) is 0 Å². The lowest BCUT2D eigenvalue weighted by Crippen LogP contribution is -2.48. The first-order valence-corrected chi connectivity index (χ1v) is 31.7. The van der Waals surface area contributed by atoms with Crippen molar-refractivity contribution < 1.29 is 42.8 Å². The monoisotopic (exact) mass is 1120 g/mol. The molecule has 0 radical (unpaired) electrons. The van der Waals surface area contributed by atoms with E-state index in [1.807, 2.05) is 41.5 Å². The minimum absolute atomic E-state index is 0.0370. The van der Waals surface area contributed by atoms with Crippen LogP contribution in [0.15, 0.2) is 0 Å². The van der Waals surface area contributed by atoms with E-state index in [1.54, 1.807) is 0 Å². The maximum absolute atomic E-state index is 13.2. The Hall–Kier alpha value is -0.840. The summed E-state index contributed by atoms with van der Waals surface area (Å²) < 4.78 is 28.7. The second kappa shape index (κ2) is 40.4. The quantitative estimate of drug-likeness (QED) is 0.0252. The van der Waals surface area contributed by atoms with Gasteiger partial charge < -0.3 is 59.8 Å². The summed E-state index contributed by atoms with van der Waals surface area (Å²) in [6, 6.07) is 0.776. The Kier molecular flexibility index (Phi) is 42.2. The van der Waals surface area contributed by atoms with Crippen LogP contribution in [0.2, 0.25) is 0 Å². The van der Waals surface area contributed by atoms with Crippen molar-refractivity contribution in [3.05, 3.63) is 0 Å². The van der Waals surface area contributed by atoms with Gasteiger partial charge in [0.25, 0.3) is 0 Å². The van der Waals surface area contributed by atoms with E-state index in [0.717, 1.165) is 64.5 Å². The number of hydrogen-bond acceptors (Lipinski definition) is 14. The average molecular weight is 1120 g/mol. The number of Topliss-reactive ketones (excluding diaryl/α,β-unsaturated/α-hetero) is 2. The zero-order valence-electron chi connectivity index (χ0n) is 55.2. The van der Waals surface area contributed by atoms with E-state index in [4.69, 9.17) is 23.3 Å². The third kappa shape index (κ3) is 50.6. The molecule has 0 heterocycles. The van der Waals surface area contributed by atoms with Gasteiger partial charge in [-0.1, -0.05) is 116 Å². The van der Waals surface area contributed by atoms with Gasteiger partial charge in [0.05, 0.1) is 70.0 Å². The largest absolute Gasteiger partial charge is 0.789 e. The Morgan fingerprint density at radius 3 is 1.31 bits per heavy atom. The maximum Gasteiger partial charge on any atom is 0.150 e. The van der Waals surface area contributed by atoms with Gasteiger partial charge in [0.2, 0.25) is 0 Å². The fourth-order valence-corrected chi connectivity index (χ4v) is 9.62. The molecule has 15 heteroatoms. The van der Waals surface area contributed by atoms with Crippen molar-refractivity contribution in [2.75, 3.05) is 52.7 Å². The van der Waals surface area contributed by atoms with Crippen LogP contribution in [0.4, 0.5) is 0 Å². The van der Waals surface area contributed by atoms with Crippen LogP contribution in [0.1, 0.15) is 238 Å². The maximum atomic E-state index is 13.2. The minimum atomic E-state index is -3.45. The van der Waals surface area contributed by atoms with Gasteiger partial charge in [0.1, 0.15) is 11.6 Å². The van der Waals surface area contributed by atoms with E-state index in [0.29, 0.717) is 44.2 Å². The van der Waals surface area contributed by atoms with Crippen LogP contribution >= 0.6 is 7.57 Å². The molecule has 0 amide bonds. The third-order valence-corrected chi connectivity index (χ3v) is 12.9. The normalized spacial score (nSPS) is 15.5. The van der Waals surface area contributed by atoms with Gasteiger partial charge in [-0.05, 0) is 146 Å². The Morgan fingerprint density at radius 1 is 0.571 bits per heavy atom. The highest BCUT2D eigenvalue weighted by atomic mass is 31.2. The van der Waals surface area contributed by atoms with Gasteiger partial charge in [-0.15, -0.1) is 0 Å². The van der Waals surface area contributed by atoms with Crippen molar-refractivity contribution in [3.63, 3.8) is 0 Å². The predicted octanol–water partition coefficient (Wildman–Crippen LogP) is 11.7. The number of carbonyl (C=O) groups is 2. The van der Waals surface area contributed by atoms with E-state index in [9.17, 15) is 19.6 Å². The molecule has 0 aliphatic rings. The molecule has 0 aliphatic carbocycles. The zero-order valence-corrected chi connectivity index (χ0v) is 56.1. The van der Waals surface area contributed by atoms with Gasteiger partial charge in [-0.3, -0.25) is 9.59 Å². The van der Waals surface area contributed by atoms with Crippen molar-refractivity contribution in [2.24, 2.45) is 28.1 Å². The molecular weight excluding hydrogens is 990 g/mol. The number of ether oxygens (including phenoxy) is 3. The van der Waals surface area contributed by atoms with Gasteiger partial charge >= 0.3 is 0 Å². The molecule has 0 bridgehead atoms. The first-order valence-electron chi connectivity index (χ1n) is 30.0. The molecule has 4 unspecified atom stereocenters. The minimum Gasteiger partial charge on any atom is -0.789 e. The number of rotatable bonds is 39. The fourth-order valence-electron chi connectivity index (χ4n) is 8.73. The van der Waals surface area contributed by atoms with E-state index >= 15 is 0 Å². The second-order valence-electron chi connectivity index (χ2n) is 28.6. The highest BCUT2D eigenvalue weighted by Gasteiger charge is 2.35. The summed E-state index contributed by atoms with van der Waals surface area (Å²) in [6.07, 6.45) is 12.3. The number of aliphatic hydroxyl groups excluding tert-OH is 1. The molecule has 0 saturated carbocycles. The van der Waals surface area contributed by atoms with Crippen molar-refractivity contribution in [2.45, 2.75) is 303 Å². The summed E-state index contributed by atoms with van der Waals surface area (Å²) in [5, 5.41) is 26.5. The molecule has 0 aromatic carbocycles. The van der Waals surface area contributed by atoms with E-state index in [-0.39, 0.29) is 102 Å². The Morgan fingerprint density at radius 2 is 0.974 bits per heavy atom. The fraction of sp³-hybridized carbons (Fsp3) is 0.952. The number of aliphatic hydroxyl groups is 1. The third-order valence-electron chi connectivity index (χ3n) is 11.8. The molecule has 0 saturated heterocycles. The molecule has 0 spiro atoms. The molecule has 0 aliphatic heterocycles. The van der Waals surface area contributed by atoms with Gasteiger partial charge in [-0.2, -0.15) is 0 Å². The molecule has 6 N–H and O–H groups in total. The first-order chi connectivity index (χ1) is 34.9. The van der Waals surface area contributed by atoms with Crippen LogP contribution in [-0.2, 0) is 32.8 Å². The summed E-state index contributed by atoms with van der Waals surface area (Å²) in [4.78, 5) is 38.9. The van der Waals surface area contributed by atoms with E-state index in [2.05, 4.69) is 171 Å². The lowest BCUT2D eigenvalue weighted by Gasteiger charge is -2.37. The summed E-state index contributed by atoms with van der Waals surface area (Å²) in [5.41, 5.74) is -0.615. The zero-order chi connectivity index (χ0) is 60.6. The number of hydrogen-bond donors (Lipinski definition) is 6. The molecule has 0 fully saturated rings. The van der Waals surface area contributed by atoms with Crippen molar-refractivity contribution in [3.8, 4) is 0 Å². The van der Waals surface area contributed by atoms with Crippen LogP contribution in [0, 0.1) is 28.1 Å². The second-order valence-corrected chi connectivity index (χ2v) is 30.3. The van der Waals surface area contributed by atoms with Crippen molar-refractivity contribution in [1.82, 2.24) is 26.6 Å². The molecule has 0 rings (SSSR count). The molecule has 77 heavy (non-hydrogen) atoms. The van der Waals surface area contributed by atoms with Crippen LogP contribution < -0.4 is 31.5 Å². The molecule has 14 nitrogen and oxygen atoms in total. The van der Waals surface area contributed by atoms with Crippen LogP contribution in [-0.4, -0.2) is 141 Å². The highest BCUT2D eigenvalue weighted by molar-refractivity contribution is 7.57. The number of ketones is 2. The molecule has 0 aromatic rings. The summed E-state index contributed by atoms with van der Waals surface area (Å²) in [7, 11) is -3.45. The van der Waals surface area contributed by atoms with Crippen molar-refractivity contribution in [1.29, 1.82) is 0 Å². The number of unbranched alkanes of at least 4 members (excludes halogenated alkanes) is 2. The topological polar surface area (TPSA) is 184 Å². The molecule has 464 valence electrons. The highest BCUT2D eigenvalue weighted by Crippen LogP contribution is 2.39. The Balaban J connectivity index is -0.00000109. The molecule has 0 aromatic heterocycles. The smallest absolute Gasteiger partial charge is 0.150 e. The van der Waals surface area contributed by atoms with E-state index < -0.39 is 13.0 Å².